The predicted octanol–water partition coefficient (Wildman–Crippen LogP) is -1.02. The molecule has 0 aliphatic rings. The lowest BCUT2D eigenvalue weighted by Crippen LogP contribution is -2.43. The molecule has 6 nitrogen and oxygen atoms in total. The summed E-state index contributed by atoms with van der Waals surface area (Å²) in [5.74, 6) is -0.324. The molecule has 1 heterocycles. The Morgan fingerprint density at radius 2 is 2.57 bits per heavy atom. The van der Waals surface area contributed by atoms with Gasteiger partial charge >= 0.3 is 0 Å². The fourth-order valence-corrected chi connectivity index (χ4v) is 1.17. The Morgan fingerprint density at radius 3 is 3.07 bits per heavy atom. The van der Waals surface area contributed by atoms with E-state index in [0.29, 0.717) is 0 Å². The Morgan fingerprint density at radius 1 is 1.86 bits per heavy atom. The van der Waals surface area contributed by atoms with Gasteiger partial charge in [0.15, 0.2) is 5.69 Å². The van der Waals surface area contributed by atoms with Crippen LogP contribution in [0.4, 0.5) is 0 Å². The number of carbonyl (C=O) groups excluding carboxylic acids is 1. The monoisotopic (exact) mass is 216 g/mol. The number of carbonyl (C=O) groups is 1. The Bertz CT molecular complexity index is 288. The number of hydrogen-bond donors (Lipinski definition) is 3. The van der Waals surface area contributed by atoms with E-state index < -0.39 is 12.1 Å². The molecule has 1 aromatic rings. The van der Waals surface area contributed by atoms with E-state index in [2.05, 4.69) is 14.9 Å². The summed E-state index contributed by atoms with van der Waals surface area (Å²) in [6.07, 6.45) is -0.649. The van der Waals surface area contributed by atoms with E-state index in [1.54, 1.807) is 12.3 Å². The quantitative estimate of drug-likeness (QED) is 0.597. The SMILES string of the molecule is CC(O)C(N)CNC(=O)c1csnn1. The predicted molar refractivity (Wildman–Crippen MR) is 51.9 cm³/mol. The Kier molecular flexibility index (Phi) is 3.93. The summed E-state index contributed by atoms with van der Waals surface area (Å²) in [6.45, 7) is 1.79. The zero-order valence-electron chi connectivity index (χ0n) is 7.67. The van der Waals surface area contributed by atoms with Gasteiger partial charge in [-0.3, -0.25) is 4.79 Å². The molecule has 4 N–H and O–H groups in total. The van der Waals surface area contributed by atoms with Crippen molar-refractivity contribution in [3.8, 4) is 0 Å². The van der Waals surface area contributed by atoms with Crippen molar-refractivity contribution in [2.75, 3.05) is 6.54 Å². The third-order valence-corrected chi connectivity index (χ3v) is 2.22. The van der Waals surface area contributed by atoms with Crippen LogP contribution in [0.25, 0.3) is 0 Å². The molecular weight excluding hydrogens is 204 g/mol. The van der Waals surface area contributed by atoms with Crippen LogP contribution in [0.2, 0.25) is 0 Å². The molecule has 1 aromatic heterocycles. The van der Waals surface area contributed by atoms with E-state index >= 15 is 0 Å². The number of nitrogens with one attached hydrogen (secondary N) is 1. The average molecular weight is 216 g/mol. The van der Waals surface area contributed by atoms with Crippen molar-refractivity contribution < 1.29 is 9.90 Å². The lowest BCUT2D eigenvalue weighted by atomic mass is 10.2. The van der Waals surface area contributed by atoms with Gasteiger partial charge in [-0.25, -0.2) is 0 Å². The van der Waals surface area contributed by atoms with E-state index in [1.807, 2.05) is 0 Å². The van der Waals surface area contributed by atoms with Crippen LogP contribution < -0.4 is 11.1 Å². The van der Waals surface area contributed by atoms with Crippen LogP contribution in [0.3, 0.4) is 0 Å². The minimum atomic E-state index is -0.649. The highest BCUT2D eigenvalue weighted by Gasteiger charge is 2.13. The highest BCUT2D eigenvalue weighted by atomic mass is 32.1. The molecule has 0 radical (unpaired) electrons. The number of aliphatic hydroxyl groups is 1. The first-order chi connectivity index (χ1) is 6.61. The van der Waals surface area contributed by atoms with E-state index in [9.17, 15) is 4.79 Å². The van der Waals surface area contributed by atoms with Crippen molar-refractivity contribution in [1.82, 2.24) is 14.9 Å². The third kappa shape index (κ3) is 3.02. The molecule has 2 atom stereocenters. The van der Waals surface area contributed by atoms with Crippen molar-refractivity contribution in [2.24, 2.45) is 5.73 Å². The normalized spacial score (nSPS) is 14.8. The van der Waals surface area contributed by atoms with Crippen LogP contribution in [0.15, 0.2) is 5.38 Å². The van der Waals surface area contributed by atoms with Crippen molar-refractivity contribution in [3.63, 3.8) is 0 Å². The number of nitrogens with zero attached hydrogens (tertiary/aromatic N) is 2. The fraction of sp³-hybridized carbons (Fsp3) is 0.571. The standard InChI is InChI=1S/C7H12N4O2S/c1-4(12)5(8)2-9-7(13)6-3-14-11-10-6/h3-5,12H,2,8H2,1H3,(H,9,13). The lowest BCUT2D eigenvalue weighted by molar-refractivity contribution is 0.0932. The second kappa shape index (κ2) is 4.99. The van der Waals surface area contributed by atoms with Gasteiger partial charge in [0.1, 0.15) is 0 Å². The number of aromatic nitrogens is 2. The first-order valence-corrected chi connectivity index (χ1v) is 4.94. The third-order valence-electron chi connectivity index (χ3n) is 1.71. The zero-order valence-corrected chi connectivity index (χ0v) is 8.49. The van der Waals surface area contributed by atoms with Crippen molar-refractivity contribution >= 4 is 17.4 Å². The Balaban J connectivity index is 2.36. The molecule has 14 heavy (non-hydrogen) atoms. The first-order valence-electron chi connectivity index (χ1n) is 4.10. The van der Waals surface area contributed by atoms with E-state index in [0.717, 1.165) is 11.5 Å². The van der Waals surface area contributed by atoms with Crippen LogP contribution in [0, 0.1) is 0 Å². The van der Waals surface area contributed by atoms with Crippen LogP contribution in [0.1, 0.15) is 17.4 Å². The van der Waals surface area contributed by atoms with Gasteiger partial charge in [-0.05, 0) is 18.5 Å². The molecule has 1 rings (SSSR count). The van der Waals surface area contributed by atoms with Gasteiger partial charge in [-0.2, -0.15) is 0 Å². The highest BCUT2D eigenvalue weighted by Crippen LogP contribution is 1.96. The van der Waals surface area contributed by atoms with Crippen molar-refractivity contribution in [1.29, 1.82) is 0 Å². The molecule has 0 aromatic carbocycles. The molecule has 2 unspecified atom stereocenters. The summed E-state index contributed by atoms with van der Waals surface area (Å²) in [5.41, 5.74) is 5.79. The van der Waals surface area contributed by atoms with Crippen LogP contribution in [0.5, 0.6) is 0 Å². The van der Waals surface area contributed by atoms with Gasteiger partial charge in [0.2, 0.25) is 0 Å². The maximum absolute atomic E-state index is 11.3. The van der Waals surface area contributed by atoms with Gasteiger partial charge in [-0.15, -0.1) is 5.10 Å². The zero-order chi connectivity index (χ0) is 10.6. The van der Waals surface area contributed by atoms with Crippen LogP contribution >= 0.6 is 11.5 Å². The van der Waals surface area contributed by atoms with E-state index in [4.69, 9.17) is 10.8 Å². The van der Waals surface area contributed by atoms with Crippen LogP contribution in [-0.2, 0) is 0 Å². The largest absolute Gasteiger partial charge is 0.392 e. The Labute approximate surface area is 85.3 Å². The Hall–Kier alpha value is -1.05. The van der Waals surface area contributed by atoms with Crippen molar-refractivity contribution in [3.05, 3.63) is 11.1 Å². The average Bonchev–Trinajstić information content (AvgIpc) is 2.66. The highest BCUT2D eigenvalue weighted by molar-refractivity contribution is 7.03. The second-order valence-corrected chi connectivity index (χ2v) is 3.51. The van der Waals surface area contributed by atoms with Gasteiger partial charge in [0.05, 0.1) is 6.10 Å². The molecule has 0 aliphatic carbocycles. The van der Waals surface area contributed by atoms with Crippen molar-refractivity contribution in [2.45, 2.75) is 19.1 Å². The first kappa shape index (κ1) is 11.0. The molecule has 78 valence electrons. The second-order valence-electron chi connectivity index (χ2n) is 2.90. The minimum absolute atomic E-state index is 0.216. The molecule has 0 spiro atoms. The van der Waals surface area contributed by atoms with E-state index in [1.165, 1.54) is 0 Å². The molecule has 7 heteroatoms. The maximum atomic E-state index is 11.3. The van der Waals surface area contributed by atoms with Gasteiger partial charge in [-0.1, -0.05) is 4.49 Å². The number of rotatable bonds is 4. The minimum Gasteiger partial charge on any atom is -0.392 e. The summed E-state index contributed by atoms with van der Waals surface area (Å²) < 4.78 is 3.56. The number of aliphatic hydroxyl groups excluding tert-OH is 1. The number of nitrogens with two attached hydrogens (primary N) is 1. The smallest absolute Gasteiger partial charge is 0.272 e. The van der Waals surface area contributed by atoms with Gasteiger partial charge in [0, 0.05) is 18.0 Å². The van der Waals surface area contributed by atoms with Crippen LogP contribution in [-0.4, -0.2) is 39.3 Å². The molecule has 0 saturated carbocycles. The van der Waals surface area contributed by atoms with Gasteiger partial charge in [0.25, 0.3) is 5.91 Å². The van der Waals surface area contributed by atoms with E-state index in [-0.39, 0.29) is 18.1 Å². The maximum Gasteiger partial charge on any atom is 0.272 e. The number of amides is 1. The fourth-order valence-electron chi connectivity index (χ4n) is 0.735. The summed E-state index contributed by atoms with van der Waals surface area (Å²) in [6, 6.07) is -0.467. The molecule has 0 fully saturated rings. The summed E-state index contributed by atoms with van der Waals surface area (Å²) >= 11 is 1.11. The molecule has 0 saturated heterocycles. The molecule has 0 aliphatic heterocycles. The topological polar surface area (TPSA) is 101 Å². The molecule has 1 amide bonds. The molecular formula is C7H12N4O2S. The lowest BCUT2D eigenvalue weighted by Gasteiger charge is -2.14. The molecule has 0 bridgehead atoms. The number of hydrogen-bond acceptors (Lipinski definition) is 6. The summed E-state index contributed by atoms with van der Waals surface area (Å²) in [4.78, 5) is 11.3. The van der Waals surface area contributed by atoms with Gasteiger partial charge < -0.3 is 16.2 Å². The summed E-state index contributed by atoms with van der Waals surface area (Å²) in [5, 5.41) is 16.7. The summed E-state index contributed by atoms with van der Waals surface area (Å²) in [7, 11) is 0.